The summed E-state index contributed by atoms with van der Waals surface area (Å²) < 4.78 is 20.1. The number of anilines is 1. The van der Waals surface area contributed by atoms with E-state index in [1.165, 1.54) is 23.9 Å². The molecule has 1 heterocycles. The zero-order valence-electron chi connectivity index (χ0n) is 17.1. The summed E-state index contributed by atoms with van der Waals surface area (Å²) >= 11 is 3.00. The fourth-order valence-electron chi connectivity index (χ4n) is 2.69. The molecule has 3 aromatic rings. The molecule has 0 spiro atoms. The predicted octanol–water partition coefficient (Wildman–Crippen LogP) is 4.78. The number of allylic oxidation sites excluding steroid dienone is 1. The van der Waals surface area contributed by atoms with Crippen LogP contribution in [0.2, 0.25) is 0 Å². The summed E-state index contributed by atoms with van der Waals surface area (Å²) in [6, 6.07) is 13.6. The monoisotopic (exact) mass is 458 g/mol. The smallest absolute Gasteiger partial charge is 0.234 e. The van der Waals surface area contributed by atoms with E-state index in [0.29, 0.717) is 23.1 Å². The van der Waals surface area contributed by atoms with Crippen LogP contribution in [0.4, 0.5) is 10.1 Å². The van der Waals surface area contributed by atoms with Crippen molar-refractivity contribution in [2.75, 3.05) is 18.2 Å². The van der Waals surface area contributed by atoms with Crippen LogP contribution in [-0.4, -0.2) is 33.5 Å². The van der Waals surface area contributed by atoms with Crippen molar-refractivity contribution in [1.82, 2.24) is 14.8 Å². The summed E-state index contributed by atoms with van der Waals surface area (Å²) in [6.45, 7) is 4.36. The molecule has 2 aromatic carbocycles. The lowest BCUT2D eigenvalue weighted by molar-refractivity contribution is -0.113. The van der Waals surface area contributed by atoms with Gasteiger partial charge in [-0.25, -0.2) is 4.39 Å². The molecule has 0 unspecified atom stereocenters. The predicted molar refractivity (Wildman–Crippen MR) is 124 cm³/mol. The first-order valence-electron chi connectivity index (χ1n) is 9.51. The summed E-state index contributed by atoms with van der Waals surface area (Å²) in [5.74, 6) is 2.78. The van der Waals surface area contributed by atoms with E-state index in [2.05, 4.69) is 22.1 Å². The molecule has 162 valence electrons. The number of ether oxygens (including phenoxy) is 1. The highest BCUT2D eigenvalue weighted by molar-refractivity contribution is 7.99. The normalized spacial score (nSPS) is 10.6. The van der Waals surface area contributed by atoms with E-state index < -0.39 is 0 Å². The molecule has 0 saturated heterocycles. The first-order chi connectivity index (χ1) is 15.1. The number of rotatable bonds is 11. The summed E-state index contributed by atoms with van der Waals surface area (Å²) in [4.78, 5) is 12.3. The molecule has 0 fully saturated rings. The minimum Gasteiger partial charge on any atom is -0.497 e. The van der Waals surface area contributed by atoms with Crippen LogP contribution in [0.5, 0.6) is 5.75 Å². The lowest BCUT2D eigenvalue weighted by atomic mass is 10.2. The molecule has 0 aliphatic carbocycles. The molecule has 0 radical (unpaired) electrons. The zero-order chi connectivity index (χ0) is 22.1. The van der Waals surface area contributed by atoms with Gasteiger partial charge >= 0.3 is 0 Å². The maximum absolute atomic E-state index is 13.0. The van der Waals surface area contributed by atoms with Crippen molar-refractivity contribution in [3.8, 4) is 5.75 Å². The molecule has 6 nitrogen and oxygen atoms in total. The zero-order valence-corrected chi connectivity index (χ0v) is 18.7. The average molecular weight is 459 g/mol. The van der Waals surface area contributed by atoms with E-state index in [0.717, 1.165) is 22.9 Å². The summed E-state index contributed by atoms with van der Waals surface area (Å²) in [7, 11) is 1.60. The van der Waals surface area contributed by atoms with Crippen molar-refractivity contribution in [3.63, 3.8) is 0 Å². The van der Waals surface area contributed by atoms with Crippen LogP contribution in [0.1, 0.15) is 11.4 Å². The van der Waals surface area contributed by atoms with Gasteiger partial charge in [-0.2, -0.15) is 0 Å². The molecule has 0 saturated carbocycles. The molecule has 1 amide bonds. The van der Waals surface area contributed by atoms with Crippen molar-refractivity contribution in [2.24, 2.45) is 0 Å². The summed E-state index contributed by atoms with van der Waals surface area (Å²) in [5, 5.41) is 12.0. The number of carbonyl (C=O) groups is 1. The van der Waals surface area contributed by atoms with E-state index in [1.54, 1.807) is 61.3 Å². The van der Waals surface area contributed by atoms with Crippen LogP contribution in [0.25, 0.3) is 0 Å². The Bertz CT molecular complexity index is 1010. The third-order valence-electron chi connectivity index (χ3n) is 4.22. The number of halogens is 1. The second kappa shape index (κ2) is 11.6. The van der Waals surface area contributed by atoms with Gasteiger partial charge < -0.3 is 14.6 Å². The van der Waals surface area contributed by atoms with Crippen molar-refractivity contribution >= 4 is 35.1 Å². The van der Waals surface area contributed by atoms with Crippen LogP contribution in [0, 0.1) is 5.82 Å². The largest absolute Gasteiger partial charge is 0.497 e. The highest BCUT2D eigenvalue weighted by atomic mass is 32.2. The first kappa shape index (κ1) is 22.9. The number of hydrogen-bond donors (Lipinski definition) is 1. The minimum absolute atomic E-state index is 0.129. The Hall–Kier alpha value is -2.78. The highest BCUT2D eigenvalue weighted by Gasteiger charge is 2.14. The Morgan fingerprint density at radius 1 is 1.16 bits per heavy atom. The standard InChI is InChI=1S/C22H23FN4O2S2/c1-3-12-27-20(14-30-13-16-4-6-17(23)7-5-16)25-26-22(27)31-15-21(28)24-18-8-10-19(29-2)11-9-18/h3-11H,1,12-15H2,2H3,(H,24,28). The number of thioether (sulfide) groups is 2. The second-order valence-electron chi connectivity index (χ2n) is 6.48. The van der Waals surface area contributed by atoms with Crippen LogP contribution in [0.15, 0.2) is 66.3 Å². The van der Waals surface area contributed by atoms with Crippen LogP contribution < -0.4 is 10.1 Å². The fourth-order valence-corrected chi connectivity index (χ4v) is 4.38. The maximum atomic E-state index is 13.0. The number of hydrogen-bond acceptors (Lipinski definition) is 6. The van der Waals surface area contributed by atoms with Gasteiger partial charge in [-0.3, -0.25) is 4.79 Å². The van der Waals surface area contributed by atoms with Gasteiger partial charge in [0.25, 0.3) is 0 Å². The minimum atomic E-state index is -0.239. The number of benzene rings is 2. The van der Waals surface area contributed by atoms with Crippen molar-refractivity contribution < 1.29 is 13.9 Å². The van der Waals surface area contributed by atoms with Crippen molar-refractivity contribution in [2.45, 2.75) is 23.2 Å². The first-order valence-corrected chi connectivity index (χ1v) is 11.6. The molecule has 0 aliphatic rings. The van der Waals surface area contributed by atoms with E-state index >= 15 is 0 Å². The van der Waals surface area contributed by atoms with Gasteiger partial charge in [0.05, 0.1) is 18.6 Å². The number of amides is 1. The Balaban J connectivity index is 1.54. The van der Waals surface area contributed by atoms with Gasteiger partial charge in [0, 0.05) is 18.0 Å². The quantitative estimate of drug-likeness (QED) is 0.330. The van der Waals surface area contributed by atoms with Crippen LogP contribution in [-0.2, 0) is 22.8 Å². The Kier molecular flexibility index (Phi) is 8.54. The Morgan fingerprint density at radius 3 is 2.58 bits per heavy atom. The van der Waals surface area contributed by atoms with Gasteiger partial charge in [-0.15, -0.1) is 28.5 Å². The van der Waals surface area contributed by atoms with Crippen molar-refractivity contribution in [3.05, 3.63) is 78.4 Å². The SMILES string of the molecule is C=CCn1c(CSCc2ccc(F)cc2)nnc1SCC(=O)Nc1ccc(OC)cc1. The average Bonchev–Trinajstić information content (AvgIpc) is 3.16. The van der Waals surface area contributed by atoms with Crippen LogP contribution in [0.3, 0.4) is 0 Å². The highest BCUT2D eigenvalue weighted by Crippen LogP contribution is 2.23. The molecular weight excluding hydrogens is 435 g/mol. The maximum Gasteiger partial charge on any atom is 0.234 e. The molecule has 3 rings (SSSR count). The topological polar surface area (TPSA) is 69.0 Å². The van der Waals surface area contributed by atoms with E-state index in [9.17, 15) is 9.18 Å². The summed E-state index contributed by atoms with van der Waals surface area (Å²) in [5.41, 5.74) is 1.75. The lowest BCUT2D eigenvalue weighted by Crippen LogP contribution is -2.14. The fraction of sp³-hybridized carbons (Fsp3) is 0.227. The van der Waals surface area contributed by atoms with Gasteiger partial charge in [-0.1, -0.05) is 30.0 Å². The van der Waals surface area contributed by atoms with Crippen molar-refractivity contribution in [1.29, 1.82) is 0 Å². The Labute approximate surface area is 189 Å². The molecule has 31 heavy (non-hydrogen) atoms. The van der Waals surface area contributed by atoms with E-state index in [-0.39, 0.29) is 17.5 Å². The van der Waals surface area contributed by atoms with Gasteiger partial charge in [-0.05, 0) is 42.0 Å². The van der Waals surface area contributed by atoms with Crippen LogP contribution >= 0.6 is 23.5 Å². The number of nitrogens with one attached hydrogen (secondary N) is 1. The molecule has 0 aliphatic heterocycles. The Morgan fingerprint density at radius 2 is 1.90 bits per heavy atom. The number of nitrogens with zero attached hydrogens (tertiary/aromatic N) is 3. The molecule has 0 bridgehead atoms. The third kappa shape index (κ3) is 6.86. The van der Waals surface area contributed by atoms with E-state index in [4.69, 9.17) is 4.74 Å². The molecular formula is C22H23FN4O2S2. The van der Waals surface area contributed by atoms with Gasteiger partial charge in [0.2, 0.25) is 5.91 Å². The molecule has 0 atom stereocenters. The second-order valence-corrected chi connectivity index (χ2v) is 8.41. The van der Waals surface area contributed by atoms with Gasteiger partial charge in [0.1, 0.15) is 17.4 Å². The van der Waals surface area contributed by atoms with E-state index in [1.807, 2.05) is 4.57 Å². The third-order valence-corrected chi connectivity index (χ3v) is 6.19. The summed E-state index contributed by atoms with van der Waals surface area (Å²) in [6.07, 6.45) is 1.78. The molecule has 1 N–H and O–H groups in total. The molecule has 1 aromatic heterocycles. The van der Waals surface area contributed by atoms with Gasteiger partial charge in [0.15, 0.2) is 5.16 Å². The number of aromatic nitrogens is 3. The number of carbonyl (C=O) groups excluding carboxylic acids is 1. The lowest BCUT2D eigenvalue weighted by Gasteiger charge is -2.08. The molecule has 9 heteroatoms. The number of methoxy groups -OCH3 is 1.